The van der Waals surface area contributed by atoms with Gasteiger partial charge < -0.3 is 9.88 Å². The molecule has 0 radical (unpaired) electrons. The summed E-state index contributed by atoms with van der Waals surface area (Å²) in [4.78, 5) is 11.4. The molecule has 1 heterocycles. The largest absolute Gasteiger partial charge is 0.318 e. The number of aromatic nitrogens is 1. The minimum atomic E-state index is -0.0396. The molecule has 1 aromatic carbocycles. The van der Waals surface area contributed by atoms with Gasteiger partial charge in [0.25, 0.3) is 0 Å². The van der Waals surface area contributed by atoms with Gasteiger partial charge in [0.15, 0.2) is 0 Å². The lowest BCUT2D eigenvalue weighted by Gasteiger charge is -2.24. The van der Waals surface area contributed by atoms with Crippen LogP contribution < -0.4 is 10.9 Å². The van der Waals surface area contributed by atoms with Crippen molar-refractivity contribution in [3.05, 3.63) is 58.5 Å². The molecular formula is C16H20N2O. The first kappa shape index (κ1) is 13.6. The van der Waals surface area contributed by atoms with Crippen molar-refractivity contribution < 1.29 is 0 Å². The van der Waals surface area contributed by atoms with Crippen molar-refractivity contribution in [2.24, 2.45) is 7.05 Å². The maximum absolute atomic E-state index is 11.4. The van der Waals surface area contributed by atoms with E-state index >= 15 is 0 Å². The van der Waals surface area contributed by atoms with Gasteiger partial charge in [0.1, 0.15) is 0 Å². The van der Waals surface area contributed by atoms with Crippen molar-refractivity contribution in [3.63, 3.8) is 0 Å². The maximum atomic E-state index is 11.4. The zero-order valence-electron chi connectivity index (χ0n) is 11.9. The number of rotatable bonds is 3. The van der Waals surface area contributed by atoms with Crippen molar-refractivity contribution in [1.29, 1.82) is 0 Å². The van der Waals surface area contributed by atoms with Crippen molar-refractivity contribution >= 4 is 0 Å². The average molecular weight is 256 g/mol. The van der Waals surface area contributed by atoms with Crippen molar-refractivity contribution in [3.8, 4) is 11.1 Å². The van der Waals surface area contributed by atoms with Crippen molar-refractivity contribution in [1.82, 2.24) is 9.88 Å². The summed E-state index contributed by atoms with van der Waals surface area (Å²) in [6.07, 6.45) is 1.86. The second-order valence-corrected chi connectivity index (χ2v) is 5.32. The third kappa shape index (κ3) is 2.76. The van der Waals surface area contributed by atoms with E-state index in [0.29, 0.717) is 0 Å². The number of nitrogens with zero attached hydrogens (tertiary/aromatic N) is 1. The van der Waals surface area contributed by atoms with Crippen molar-refractivity contribution in [2.75, 3.05) is 7.05 Å². The first-order valence-electron chi connectivity index (χ1n) is 6.40. The van der Waals surface area contributed by atoms with Crippen LogP contribution >= 0.6 is 0 Å². The Bertz CT molecular complexity index is 624. The molecule has 0 aliphatic heterocycles. The van der Waals surface area contributed by atoms with Crippen LogP contribution in [0.3, 0.4) is 0 Å². The molecule has 0 saturated heterocycles. The molecule has 0 unspecified atom stereocenters. The summed E-state index contributed by atoms with van der Waals surface area (Å²) in [6.45, 7) is 4.29. The summed E-state index contributed by atoms with van der Waals surface area (Å²) < 4.78 is 1.60. The van der Waals surface area contributed by atoms with Gasteiger partial charge in [-0.2, -0.15) is 0 Å². The number of hydrogen-bond donors (Lipinski definition) is 1. The quantitative estimate of drug-likeness (QED) is 0.915. The zero-order chi connectivity index (χ0) is 14.0. The SMILES string of the molecule is CNC(C)(C)c1ccc(-c2ccc(=O)n(C)c2)cc1. The lowest BCUT2D eigenvalue weighted by molar-refractivity contribution is 0.445. The third-order valence-corrected chi connectivity index (χ3v) is 3.65. The van der Waals surface area contributed by atoms with E-state index in [2.05, 4.69) is 43.4 Å². The minimum absolute atomic E-state index is 0.0108. The van der Waals surface area contributed by atoms with Crippen molar-refractivity contribution in [2.45, 2.75) is 19.4 Å². The standard InChI is InChI=1S/C16H20N2O/c1-16(2,17-3)14-8-5-12(6-9-14)13-7-10-15(19)18(4)11-13/h5-11,17H,1-4H3. The molecule has 100 valence electrons. The minimum Gasteiger partial charge on any atom is -0.318 e. The van der Waals surface area contributed by atoms with Crippen LogP contribution in [-0.2, 0) is 12.6 Å². The Kier molecular flexibility index (Phi) is 3.58. The van der Waals surface area contributed by atoms with Crippen LogP contribution in [0, 0.1) is 0 Å². The normalized spacial score (nSPS) is 11.6. The van der Waals surface area contributed by atoms with E-state index in [0.717, 1.165) is 11.1 Å². The highest BCUT2D eigenvalue weighted by atomic mass is 16.1. The van der Waals surface area contributed by atoms with E-state index in [1.54, 1.807) is 17.7 Å². The summed E-state index contributed by atoms with van der Waals surface area (Å²) >= 11 is 0. The van der Waals surface area contributed by atoms with Crippen LogP contribution in [0.15, 0.2) is 47.4 Å². The molecule has 0 aliphatic carbocycles. The Labute approximate surface area is 113 Å². The number of pyridine rings is 1. The molecule has 0 aliphatic rings. The fraction of sp³-hybridized carbons (Fsp3) is 0.312. The lowest BCUT2D eigenvalue weighted by atomic mass is 9.93. The van der Waals surface area contributed by atoms with Gasteiger partial charge in [-0.3, -0.25) is 4.79 Å². The predicted molar refractivity (Wildman–Crippen MR) is 79.2 cm³/mol. The van der Waals surface area contributed by atoms with Gasteiger partial charge in [-0.25, -0.2) is 0 Å². The highest BCUT2D eigenvalue weighted by molar-refractivity contribution is 5.62. The monoisotopic (exact) mass is 256 g/mol. The lowest BCUT2D eigenvalue weighted by Crippen LogP contribution is -2.32. The van der Waals surface area contributed by atoms with Crippen LogP contribution in [0.4, 0.5) is 0 Å². The first-order chi connectivity index (χ1) is 8.94. The Balaban J connectivity index is 2.37. The fourth-order valence-corrected chi connectivity index (χ4v) is 1.99. The van der Waals surface area contributed by atoms with E-state index in [-0.39, 0.29) is 11.1 Å². The van der Waals surface area contributed by atoms with E-state index in [4.69, 9.17) is 0 Å². The summed E-state index contributed by atoms with van der Waals surface area (Å²) in [7, 11) is 3.73. The predicted octanol–water partition coefficient (Wildman–Crippen LogP) is 2.51. The van der Waals surface area contributed by atoms with Crippen LogP contribution in [0.25, 0.3) is 11.1 Å². The smallest absolute Gasteiger partial charge is 0.250 e. The molecular weight excluding hydrogens is 236 g/mol. The molecule has 1 N–H and O–H groups in total. The van der Waals surface area contributed by atoms with E-state index in [9.17, 15) is 4.79 Å². The Morgan fingerprint density at radius 1 is 1.00 bits per heavy atom. The molecule has 0 amide bonds. The van der Waals surface area contributed by atoms with Gasteiger partial charge in [0, 0.05) is 24.8 Å². The summed E-state index contributed by atoms with van der Waals surface area (Å²) in [5.41, 5.74) is 3.38. The van der Waals surface area contributed by atoms with E-state index in [1.165, 1.54) is 5.56 Å². The average Bonchev–Trinajstić information content (AvgIpc) is 2.42. The molecule has 0 spiro atoms. The molecule has 0 bridgehead atoms. The van der Waals surface area contributed by atoms with E-state index in [1.807, 2.05) is 19.3 Å². The topological polar surface area (TPSA) is 34.0 Å². The highest BCUT2D eigenvalue weighted by Crippen LogP contribution is 2.24. The van der Waals surface area contributed by atoms with Gasteiger partial charge in [-0.05, 0) is 43.7 Å². The fourth-order valence-electron chi connectivity index (χ4n) is 1.99. The highest BCUT2D eigenvalue weighted by Gasteiger charge is 2.17. The molecule has 3 nitrogen and oxygen atoms in total. The molecule has 0 atom stereocenters. The molecule has 2 aromatic rings. The number of aryl methyl sites for hydroxylation is 1. The Hall–Kier alpha value is -1.87. The van der Waals surface area contributed by atoms with Gasteiger partial charge >= 0.3 is 0 Å². The van der Waals surface area contributed by atoms with Gasteiger partial charge in [0.05, 0.1) is 0 Å². The van der Waals surface area contributed by atoms with E-state index < -0.39 is 0 Å². The third-order valence-electron chi connectivity index (χ3n) is 3.65. The van der Waals surface area contributed by atoms with Gasteiger partial charge in [-0.15, -0.1) is 0 Å². The van der Waals surface area contributed by atoms with Crippen LogP contribution in [0.5, 0.6) is 0 Å². The van der Waals surface area contributed by atoms with Gasteiger partial charge in [-0.1, -0.05) is 24.3 Å². The Morgan fingerprint density at radius 3 is 2.11 bits per heavy atom. The maximum Gasteiger partial charge on any atom is 0.250 e. The number of nitrogens with one attached hydrogen (secondary N) is 1. The second kappa shape index (κ2) is 5.02. The zero-order valence-corrected chi connectivity index (χ0v) is 11.9. The van der Waals surface area contributed by atoms with Crippen LogP contribution in [-0.4, -0.2) is 11.6 Å². The molecule has 19 heavy (non-hydrogen) atoms. The molecule has 0 fully saturated rings. The molecule has 1 aromatic heterocycles. The first-order valence-corrected chi connectivity index (χ1v) is 6.40. The number of benzene rings is 1. The summed E-state index contributed by atoms with van der Waals surface area (Å²) in [5.74, 6) is 0. The second-order valence-electron chi connectivity index (χ2n) is 5.32. The van der Waals surface area contributed by atoms with Crippen LogP contribution in [0.2, 0.25) is 0 Å². The molecule has 2 rings (SSSR count). The molecule has 0 saturated carbocycles. The molecule has 3 heteroatoms. The van der Waals surface area contributed by atoms with Gasteiger partial charge in [0.2, 0.25) is 5.56 Å². The Morgan fingerprint density at radius 2 is 1.58 bits per heavy atom. The summed E-state index contributed by atoms with van der Waals surface area (Å²) in [5, 5.41) is 3.29. The number of hydrogen-bond acceptors (Lipinski definition) is 2. The van der Waals surface area contributed by atoms with Crippen LogP contribution in [0.1, 0.15) is 19.4 Å². The summed E-state index contributed by atoms with van der Waals surface area (Å²) in [6, 6.07) is 11.9.